The van der Waals surface area contributed by atoms with Gasteiger partial charge >= 0.3 is 24.7 Å². The van der Waals surface area contributed by atoms with Crippen LogP contribution in [0.4, 0.5) is 57.1 Å². The fraction of sp³-hybridized carbons (Fsp3) is 0.625. The average Bonchev–Trinajstić information content (AvgIpc) is 2.55. The standard InChI is InChI=1S/C16H13F13O2/c1-3-10(2,17)7-4-8(11(30,13(18,19)20)14(21,22)23)6-9(5-7)12(31,15(24,25)26)16(27,28)29/h4-6,30-31H,3H2,1-2H3. The third kappa shape index (κ3) is 4.30. The summed E-state index contributed by atoms with van der Waals surface area (Å²) in [5, 5.41) is 18.8. The van der Waals surface area contributed by atoms with Crippen molar-refractivity contribution in [3.8, 4) is 0 Å². The van der Waals surface area contributed by atoms with Crippen molar-refractivity contribution in [1.29, 1.82) is 0 Å². The van der Waals surface area contributed by atoms with E-state index >= 15 is 0 Å². The molecule has 2 N–H and O–H groups in total. The van der Waals surface area contributed by atoms with Gasteiger partial charge < -0.3 is 10.2 Å². The first-order valence-corrected chi connectivity index (χ1v) is 7.95. The quantitative estimate of drug-likeness (QED) is 0.523. The highest BCUT2D eigenvalue weighted by Crippen LogP contribution is 2.54. The molecule has 0 aliphatic rings. The van der Waals surface area contributed by atoms with Crippen molar-refractivity contribution in [2.24, 2.45) is 0 Å². The first-order chi connectivity index (χ1) is 13.4. The Morgan fingerprint density at radius 3 is 0.968 bits per heavy atom. The van der Waals surface area contributed by atoms with E-state index < -0.39 is 70.8 Å². The lowest BCUT2D eigenvalue weighted by molar-refractivity contribution is -0.378. The zero-order valence-corrected chi connectivity index (χ0v) is 15.2. The third-order valence-corrected chi connectivity index (χ3v) is 4.68. The summed E-state index contributed by atoms with van der Waals surface area (Å²) in [6, 6.07) is -1.68. The van der Waals surface area contributed by atoms with E-state index in [0.717, 1.165) is 6.92 Å². The monoisotopic (exact) mass is 484 g/mol. The van der Waals surface area contributed by atoms with E-state index in [9.17, 15) is 67.3 Å². The van der Waals surface area contributed by atoms with Crippen molar-refractivity contribution in [3.05, 3.63) is 34.9 Å². The average molecular weight is 484 g/mol. The van der Waals surface area contributed by atoms with Crippen LogP contribution in [0.2, 0.25) is 0 Å². The molecule has 0 saturated carbocycles. The number of halogens is 13. The third-order valence-electron chi connectivity index (χ3n) is 4.68. The predicted molar refractivity (Wildman–Crippen MR) is 77.2 cm³/mol. The van der Waals surface area contributed by atoms with Gasteiger partial charge in [-0.3, -0.25) is 0 Å². The van der Waals surface area contributed by atoms with Crippen molar-refractivity contribution in [3.63, 3.8) is 0 Å². The second-order valence-corrected chi connectivity index (χ2v) is 6.76. The summed E-state index contributed by atoms with van der Waals surface area (Å²) in [6.07, 6.45) is -27.6. The molecule has 15 heteroatoms. The van der Waals surface area contributed by atoms with Crippen molar-refractivity contribution in [2.45, 2.75) is 61.8 Å². The summed E-state index contributed by atoms with van der Waals surface area (Å²) in [5.74, 6) is 0. The Morgan fingerprint density at radius 2 is 0.774 bits per heavy atom. The van der Waals surface area contributed by atoms with Gasteiger partial charge in [0.15, 0.2) is 0 Å². The molecule has 180 valence electrons. The Balaban J connectivity index is 4.23. The summed E-state index contributed by atoms with van der Waals surface area (Å²) in [7, 11) is 0. The van der Waals surface area contributed by atoms with Gasteiger partial charge in [-0.1, -0.05) is 6.92 Å². The van der Waals surface area contributed by atoms with E-state index in [1.165, 1.54) is 0 Å². The molecule has 0 heterocycles. The largest absolute Gasteiger partial charge is 0.430 e. The number of rotatable bonds is 4. The highest BCUT2D eigenvalue weighted by Gasteiger charge is 2.74. The SMILES string of the molecule is CCC(C)(F)c1cc(C(O)(C(F)(F)F)C(F)(F)F)cc(C(O)(C(F)(F)F)C(F)(F)F)c1. The molecule has 1 aromatic rings. The van der Waals surface area contributed by atoms with Gasteiger partial charge in [0.1, 0.15) is 5.67 Å². The fourth-order valence-electron chi connectivity index (χ4n) is 2.53. The first kappa shape index (κ1) is 27.3. The number of aliphatic hydroxyl groups is 2. The second-order valence-electron chi connectivity index (χ2n) is 6.76. The van der Waals surface area contributed by atoms with Gasteiger partial charge in [-0.05, 0) is 37.1 Å². The fourth-order valence-corrected chi connectivity index (χ4v) is 2.53. The van der Waals surface area contributed by atoms with Gasteiger partial charge in [0, 0.05) is 11.1 Å². The maximum atomic E-state index is 14.6. The molecular formula is C16H13F13O2. The highest BCUT2D eigenvalue weighted by atomic mass is 19.4. The Hall–Kier alpha value is -1.77. The zero-order chi connectivity index (χ0) is 25.1. The molecule has 0 bridgehead atoms. The molecule has 0 aliphatic heterocycles. The van der Waals surface area contributed by atoms with E-state index in [0.29, 0.717) is 6.92 Å². The van der Waals surface area contributed by atoms with Crippen molar-refractivity contribution < 1.29 is 67.3 Å². The van der Waals surface area contributed by atoms with Crippen LogP contribution >= 0.6 is 0 Å². The lowest BCUT2D eigenvalue weighted by atomic mass is 9.81. The van der Waals surface area contributed by atoms with Gasteiger partial charge in [-0.2, -0.15) is 52.7 Å². The van der Waals surface area contributed by atoms with E-state index in [2.05, 4.69) is 0 Å². The van der Waals surface area contributed by atoms with Crippen LogP contribution in [-0.2, 0) is 16.9 Å². The van der Waals surface area contributed by atoms with Crippen LogP contribution in [0, 0.1) is 0 Å². The van der Waals surface area contributed by atoms with Crippen molar-refractivity contribution >= 4 is 0 Å². The Kier molecular flexibility index (Phi) is 6.50. The molecule has 0 spiro atoms. The summed E-state index contributed by atoms with van der Waals surface area (Å²) in [4.78, 5) is 0. The lowest BCUT2D eigenvalue weighted by Gasteiger charge is -2.37. The maximum Gasteiger partial charge on any atom is 0.430 e. The molecule has 0 amide bonds. The smallest absolute Gasteiger partial charge is 0.369 e. The van der Waals surface area contributed by atoms with E-state index in [1.807, 2.05) is 0 Å². The summed E-state index contributed by atoms with van der Waals surface area (Å²) in [5.41, 5.74) is -21.7. The minimum Gasteiger partial charge on any atom is -0.369 e. The number of alkyl halides is 13. The number of hydrogen-bond donors (Lipinski definition) is 2. The number of hydrogen-bond acceptors (Lipinski definition) is 2. The molecule has 0 aliphatic carbocycles. The summed E-state index contributed by atoms with van der Waals surface area (Å²) < 4.78 is 172. The van der Waals surface area contributed by atoms with Crippen LogP contribution in [0.5, 0.6) is 0 Å². The van der Waals surface area contributed by atoms with Crippen LogP contribution in [0.3, 0.4) is 0 Å². The molecule has 2 nitrogen and oxygen atoms in total. The molecule has 1 rings (SSSR count). The van der Waals surface area contributed by atoms with E-state index in [-0.39, 0.29) is 12.1 Å². The van der Waals surface area contributed by atoms with Gasteiger partial charge in [0.05, 0.1) is 0 Å². The van der Waals surface area contributed by atoms with Gasteiger partial charge in [-0.25, -0.2) is 4.39 Å². The van der Waals surface area contributed by atoms with Crippen LogP contribution in [0.15, 0.2) is 18.2 Å². The van der Waals surface area contributed by atoms with Crippen molar-refractivity contribution in [1.82, 2.24) is 0 Å². The van der Waals surface area contributed by atoms with Gasteiger partial charge in [0.25, 0.3) is 11.2 Å². The Bertz CT molecular complexity index is 715. The molecule has 0 radical (unpaired) electrons. The zero-order valence-electron chi connectivity index (χ0n) is 15.2. The molecule has 1 aromatic carbocycles. The van der Waals surface area contributed by atoms with Crippen LogP contribution < -0.4 is 0 Å². The van der Waals surface area contributed by atoms with E-state index in [4.69, 9.17) is 0 Å². The molecule has 1 unspecified atom stereocenters. The second kappa shape index (κ2) is 7.39. The van der Waals surface area contributed by atoms with Gasteiger partial charge in [0.2, 0.25) is 0 Å². The first-order valence-electron chi connectivity index (χ1n) is 7.95. The molecule has 0 saturated heterocycles. The van der Waals surface area contributed by atoms with E-state index in [1.54, 1.807) is 0 Å². The van der Waals surface area contributed by atoms with Crippen LogP contribution in [0.1, 0.15) is 37.0 Å². The highest BCUT2D eigenvalue weighted by molar-refractivity contribution is 5.42. The number of benzene rings is 1. The van der Waals surface area contributed by atoms with Crippen LogP contribution in [-0.4, -0.2) is 34.9 Å². The van der Waals surface area contributed by atoms with Gasteiger partial charge in [-0.15, -0.1) is 0 Å². The topological polar surface area (TPSA) is 40.5 Å². The minimum atomic E-state index is -6.70. The predicted octanol–water partition coefficient (Wildman–Crippen LogP) is 5.91. The Morgan fingerprint density at radius 1 is 0.548 bits per heavy atom. The molecule has 0 aromatic heterocycles. The summed E-state index contributed by atoms with van der Waals surface area (Å²) in [6.45, 7) is 1.39. The molecule has 0 fully saturated rings. The normalized spacial score (nSPS) is 16.9. The lowest BCUT2D eigenvalue weighted by Crippen LogP contribution is -2.56. The molecule has 1 atom stereocenters. The minimum absolute atomic E-state index is 0.360. The molecule has 31 heavy (non-hydrogen) atoms. The molecular weight excluding hydrogens is 471 g/mol. The Labute approximate surface area is 165 Å². The summed E-state index contributed by atoms with van der Waals surface area (Å²) >= 11 is 0. The maximum absolute atomic E-state index is 14.6. The van der Waals surface area contributed by atoms with Crippen LogP contribution in [0.25, 0.3) is 0 Å². The van der Waals surface area contributed by atoms with Crippen molar-refractivity contribution in [2.75, 3.05) is 0 Å².